The van der Waals surface area contributed by atoms with Crippen LogP contribution in [0, 0.1) is 0 Å². The van der Waals surface area contributed by atoms with Crippen LogP contribution in [-0.2, 0) is 9.59 Å². The molecule has 23 heavy (non-hydrogen) atoms. The normalized spacial score (nSPS) is 14.4. The molecule has 2 rings (SSSR count). The van der Waals surface area contributed by atoms with Gasteiger partial charge in [0, 0.05) is 45.7 Å². The molecule has 0 spiro atoms. The number of amides is 2. The van der Waals surface area contributed by atoms with Crippen molar-refractivity contribution in [1.29, 1.82) is 0 Å². The molecule has 0 unspecified atom stereocenters. The van der Waals surface area contributed by atoms with Crippen molar-refractivity contribution in [3.8, 4) is 0 Å². The molecule has 1 saturated heterocycles. The van der Waals surface area contributed by atoms with Gasteiger partial charge in [0.2, 0.25) is 11.8 Å². The first-order valence-electron chi connectivity index (χ1n) is 7.25. The van der Waals surface area contributed by atoms with Crippen LogP contribution in [0.4, 0.5) is 11.4 Å². The van der Waals surface area contributed by atoms with Gasteiger partial charge in [-0.2, -0.15) is 0 Å². The van der Waals surface area contributed by atoms with Gasteiger partial charge in [0.1, 0.15) is 0 Å². The third kappa shape index (κ3) is 4.80. The highest BCUT2D eigenvalue weighted by atomic mass is 35.5. The highest BCUT2D eigenvalue weighted by Gasteiger charge is 2.20. The smallest absolute Gasteiger partial charge is 0.222 e. The lowest BCUT2D eigenvalue weighted by Gasteiger charge is -2.36. The van der Waals surface area contributed by atoms with Crippen LogP contribution in [0.25, 0.3) is 0 Å². The molecule has 1 fully saturated rings. The zero-order valence-electron chi connectivity index (χ0n) is 13.1. The number of hydrogen-bond donors (Lipinski definition) is 2. The second-order valence-electron chi connectivity index (χ2n) is 5.29. The molecule has 1 aliphatic rings. The van der Waals surface area contributed by atoms with Crippen molar-refractivity contribution in [2.45, 2.75) is 13.8 Å². The van der Waals surface area contributed by atoms with Gasteiger partial charge in [-0.25, -0.2) is 0 Å². The van der Waals surface area contributed by atoms with Crippen molar-refractivity contribution < 1.29 is 9.59 Å². The average molecular weight is 355 g/mol. The quantitative estimate of drug-likeness (QED) is 0.793. The van der Waals surface area contributed by atoms with Crippen molar-refractivity contribution in [2.24, 2.45) is 0 Å². The first-order chi connectivity index (χ1) is 10.9. The van der Waals surface area contributed by atoms with Gasteiger partial charge in [-0.05, 0) is 30.4 Å². The van der Waals surface area contributed by atoms with Crippen LogP contribution in [-0.4, -0.2) is 48.0 Å². The van der Waals surface area contributed by atoms with Crippen molar-refractivity contribution in [1.82, 2.24) is 10.2 Å². The van der Waals surface area contributed by atoms with Crippen molar-refractivity contribution in [3.05, 3.63) is 23.2 Å². The molecular formula is C15H19ClN4O2S. The van der Waals surface area contributed by atoms with Crippen molar-refractivity contribution in [2.75, 3.05) is 36.4 Å². The number of benzene rings is 1. The molecule has 1 aliphatic heterocycles. The fourth-order valence-corrected chi connectivity index (χ4v) is 2.99. The number of thiocarbonyl (C=S) groups is 1. The van der Waals surface area contributed by atoms with E-state index in [4.69, 9.17) is 23.8 Å². The summed E-state index contributed by atoms with van der Waals surface area (Å²) in [6, 6.07) is 5.53. The van der Waals surface area contributed by atoms with Gasteiger partial charge in [-0.1, -0.05) is 11.6 Å². The SMILES string of the molecule is CC(=O)NC(=S)Nc1ccc(N2CCN(C(C)=O)CC2)c(Cl)c1. The van der Waals surface area contributed by atoms with Crippen molar-refractivity contribution in [3.63, 3.8) is 0 Å². The van der Waals surface area contributed by atoms with E-state index in [0.29, 0.717) is 23.8 Å². The third-order valence-corrected chi connectivity index (χ3v) is 4.07. The molecule has 8 heteroatoms. The second kappa shape index (κ2) is 7.61. The van der Waals surface area contributed by atoms with E-state index in [0.717, 1.165) is 18.8 Å². The van der Waals surface area contributed by atoms with E-state index in [9.17, 15) is 9.59 Å². The van der Waals surface area contributed by atoms with E-state index >= 15 is 0 Å². The lowest BCUT2D eigenvalue weighted by Crippen LogP contribution is -2.48. The fourth-order valence-electron chi connectivity index (χ4n) is 2.43. The lowest BCUT2D eigenvalue weighted by molar-refractivity contribution is -0.129. The number of carbonyl (C=O) groups is 2. The Hall–Kier alpha value is -1.86. The van der Waals surface area contributed by atoms with Gasteiger partial charge in [-0.15, -0.1) is 0 Å². The minimum absolute atomic E-state index is 0.0989. The molecule has 0 atom stereocenters. The number of rotatable bonds is 2. The minimum Gasteiger partial charge on any atom is -0.367 e. The number of piperazine rings is 1. The first kappa shape index (κ1) is 17.5. The molecule has 2 amide bonds. The van der Waals surface area contributed by atoms with E-state index in [1.807, 2.05) is 17.0 Å². The molecule has 0 radical (unpaired) electrons. The van der Waals surface area contributed by atoms with Gasteiger partial charge in [0.25, 0.3) is 0 Å². The Bertz CT molecular complexity index is 630. The predicted molar refractivity (Wildman–Crippen MR) is 96.0 cm³/mol. The summed E-state index contributed by atoms with van der Waals surface area (Å²) in [5, 5.41) is 6.23. The summed E-state index contributed by atoms with van der Waals surface area (Å²) in [5.74, 6) is -0.129. The standard InChI is InChI=1S/C15H19ClN4O2S/c1-10(21)17-15(23)18-12-3-4-14(13(16)9-12)20-7-5-19(6-8-20)11(2)22/h3-4,9H,5-8H2,1-2H3,(H2,17,18,21,23). The molecule has 0 aromatic heterocycles. The number of carbonyl (C=O) groups excluding carboxylic acids is 2. The van der Waals surface area contributed by atoms with E-state index in [1.54, 1.807) is 13.0 Å². The highest BCUT2D eigenvalue weighted by Crippen LogP contribution is 2.29. The highest BCUT2D eigenvalue weighted by molar-refractivity contribution is 7.80. The topological polar surface area (TPSA) is 64.7 Å². The van der Waals surface area contributed by atoms with Crippen LogP contribution in [0.15, 0.2) is 18.2 Å². The van der Waals surface area contributed by atoms with E-state index in [1.165, 1.54) is 6.92 Å². The zero-order chi connectivity index (χ0) is 17.0. The summed E-state index contributed by atoms with van der Waals surface area (Å²) in [7, 11) is 0. The number of anilines is 2. The zero-order valence-corrected chi connectivity index (χ0v) is 14.6. The van der Waals surface area contributed by atoms with Crippen LogP contribution in [0.3, 0.4) is 0 Å². The maximum Gasteiger partial charge on any atom is 0.222 e. The Labute approximate surface area is 145 Å². The number of nitrogens with one attached hydrogen (secondary N) is 2. The summed E-state index contributed by atoms with van der Waals surface area (Å²) >= 11 is 11.4. The Morgan fingerprint density at radius 1 is 1.17 bits per heavy atom. The molecule has 2 N–H and O–H groups in total. The fraction of sp³-hybridized carbons (Fsp3) is 0.400. The van der Waals surface area contributed by atoms with Gasteiger partial charge in [-0.3, -0.25) is 9.59 Å². The summed E-state index contributed by atoms with van der Waals surface area (Å²) in [6.45, 7) is 5.86. The van der Waals surface area contributed by atoms with Gasteiger partial charge in [0.05, 0.1) is 10.7 Å². The molecule has 1 heterocycles. The molecule has 6 nitrogen and oxygen atoms in total. The maximum atomic E-state index is 11.4. The molecule has 0 aliphatic carbocycles. The molecule has 0 saturated carbocycles. The molecular weight excluding hydrogens is 336 g/mol. The Morgan fingerprint density at radius 3 is 2.35 bits per heavy atom. The second-order valence-corrected chi connectivity index (χ2v) is 6.11. The Kier molecular flexibility index (Phi) is 5.79. The van der Waals surface area contributed by atoms with Gasteiger partial charge in [0.15, 0.2) is 5.11 Å². The maximum absolute atomic E-state index is 11.4. The van der Waals surface area contributed by atoms with Crippen molar-refractivity contribution >= 4 is 52.1 Å². The van der Waals surface area contributed by atoms with Crippen LogP contribution in [0.5, 0.6) is 0 Å². The van der Waals surface area contributed by atoms with Gasteiger partial charge >= 0.3 is 0 Å². The van der Waals surface area contributed by atoms with E-state index < -0.39 is 0 Å². The Balaban J connectivity index is 2.01. The summed E-state index contributed by atoms with van der Waals surface area (Å²) < 4.78 is 0. The van der Waals surface area contributed by atoms with E-state index in [2.05, 4.69) is 15.5 Å². The van der Waals surface area contributed by atoms with Crippen LogP contribution >= 0.6 is 23.8 Å². The number of hydrogen-bond acceptors (Lipinski definition) is 4. The average Bonchev–Trinajstić information content (AvgIpc) is 2.46. The summed E-state index contributed by atoms with van der Waals surface area (Å²) in [6.07, 6.45) is 0. The Morgan fingerprint density at radius 2 is 1.83 bits per heavy atom. The molecule has 1 aromatic carbocycles. The molecule has 124 valence electrons. The summed E-state index contributed by atoms with van der Waals surface area (Å²) in [5.41, 5.74) is 1.63. The predicted octanol–water partition coefficient (Wildman–Crippen LogP) is 1.84. The lowest BCUT2D eigenvalue weighted by atomic mass is 10.2. The third-order valence-electron chi connectivity index (χ3n) is 3.56. The van der Waals surface area contributed by atoms with Crippen LogP contribution in [0.2, 0.25) is 5.02 Å². The summed E-state index contributed by atoms with van der Waals surface area (Å²) in [4.78, 5) is 26.3. The van der Waals surface area contributed by atoms with Crippen LogP contribution in [0.1, 0.15) is 13.8 Å². The largest absolute Gasteiger partial charge is 0.367 e. The number of halogens is 1. The monoisotopic (exact) mass is 354 g/mol. The van der Waals surface area contributed by atoms with Gasteiger partial charge < -0.3 is 20.4 Å². The van der Waals surface area contributed by atoms with Crippen LogP contribution < -0.4 is 15.5 Å². The molecule has 0 bridgehead atoms. The first-order valence-corrected chi connectivity index (χ1v) is 8.04. The molecule has 1 aromatic rings. The minimum atomic E-state index is -0.228. The van der Waals surface area contributed by atoms with E-state index in [-0.39, 0.29) is 16.9 Å². The number of nitrogens with zero attached hydrogens (tertiary/aromatic N) is 2.